The Morgan fingerprint density at radius 3 is 2.26 bits per heavy atom. The van der Waals surface area contributed by atoms with Gasteiger partial charge in [0.1, 0.15) is 0 Å². The SMILES string of the molecule is CCc1ccc(C(C)NC(C)C(=O)NC(N)=O)cc1. The molecule has 3 amide bonds. The number of nitrogens with two attached hydrogens (primary N) is 1. The molecule has 0 aliphatic heterocycles. The van der Waals surface area contributed by atoms with Crippen molar-refractivity contribution in [2.45, 2.75) is 39.3 Å². The van der Waals surface area contributed by atoms with Crippen LogP contribution < -0.4 is 16.4 Å². The Kier molecular flexibility index (Phi) is 5.51. The summed E-state index contributed by atoms with van der Waals surface area (Å²) in [7, 11) is 0. The van der Waals surface area contributed by atoms with Gasteiger partial charge in [0.2, 0.25) is 5.91 Å². The Morgan fingerprint density at radius 2 is 1.79 bits per heavy atom. The molecule has 0 radical (unpaired) electrons. The largest absolute Gasteiger partial charge is 0.351 e. The molecule has 1 aromatic carbocycles. The van der Waals surface area contributed by atoms with E-state index in [1.807, 2.05) is 19.1 Å². The maximum atomic E-state index is 11.5. The summed E-state index contributed by atoms with van der Waals surface area (Å²) in [5.41, 5.74) is 7.27. The zero-order valence-corrected chi connectivity index (χ0v) is 11.6. The maximum absolute atomic E-state index is 11.5. The molecule has 0 saturated heterocycles. The molecule has 1 aromatic rings. The molecule has 0 spiro atoms. The number of benzene rings is 1. The number of carbonyl (C=O) groups excluding carboxylic acids is 2. The predicted molar refractivity (Wildman–Crippen MR) is 74.6 cm³/mol. The molecule has 0 heterocycles. The lowest BCUT2D eigenvalue weighted by Crippen LogP contribution is -2.47. The zero-order chi connectivity index (χ0) is 14.4. The van der Waals surface area contributed by atoms with Crippen LogP contribution in [0.3, 0.4) is 0 Å². The predicted octanol–water partition coefficient (Wildman–Crippen LogP) is 1.48. The van der Waals surface area contributed by atoms with Crippen LogP contribution in [0.15, 0.2) is 24.3 Å². The Morgan fingerprint density at radius 1 is 1.21 bits per heavy atom. The van der Waals surface area contributed by atoms with E-state index in [2.05, 4.69) is 29.7 Å². The fraction of sp³-hybridized carbons (Fsp3) is 0.429. The van der Waals surface area contributed by atoms with Gasteiger partial charge < -0.3 is 5.73 Å². The van der Waals surface area contributed by atoms with Gasteiger partial charge in [-0.25, -0.2) is 4.79 Å². The number of hydrogen-bond donors (Lipinski definition) is 3. The topological polar surface area (TPSA) is 84.2 Å². The quantitative estimate of drug-likeness (QED) is 0.752. The molecule has 2 unspecified atom stereocenters. The standard InChI is InChI=1S/C14H21N3O2/c1-4-11-5-7-12(8-6-11)9(2)16-10(3)13(18)17-14(15)19/h5-10,16H,4H2,1-3H3,(H3,15,17,18,19). The van der Waals surface area contributed by atoms with Crippen LogP contribution in [0, 0.1) is 0 Å². The molecule has 5 nitrogen and oxygen atoms in total. The Balaban J connectivity index is 2.60. The van der Waals surface area contributed by atoms with Crippen LogP contribution in [0.4, 0.5) is 4.79 Å². The van der Waals surface area contributed by atoms with Gasteiger partial charge in [-0.1, -0.05) is 31.2 Å². The summed E-state index contributed by atoms with van der Waals surface area (Å²) in [4.78, 5) is 22.1. The van der Waals surface area contributed by atoms with E-state index in [9.17, 15) is 9.59 Å². The first-order valence-electron chi connectivity index (χ1n) is 6.39. The molecular formula is C14H21N3O2. The smallest absolute Gasteiger partial charge is 0.318 e. The van der Waals surface area contributed by atoms with Crippen LogP contribution in [0.25, 0.3) is 0 Å². The van der Waals surface area contributed by atoms with Crippen molar-refractivity contribution in [3.05, 3.63) is 35.4 Å². The van der Waals surface area contributed by atoms with Gasteiger partial charge in [-0.3, -0.25) is 15.4 Å². The zero-order valence-electron chi connectivity index (χ0n) is 11.6. The van der Waals surface area contributed by atoms with Crippen LogP contribution >= 0.6 is 0 Å². The van der Waals surface area contributed by atoms with Gasteiger partial charge in [0.15, 0.2) is 0 Å². The van der Waals surface area contributed by atoms with E-state index in [1.165, 1.54) is 5.56 Å². The molecule has 0 aliphatic rings. The third-order valence-corrected chi connectivity index (χ3v) is 3.03. The highest BCUT2D eigenvalue weighted by Crippen LogP contribution is 2.14. The fourth-order valence-corrected chi connectivity index (χ4v) is 1.82. The van der Waals surface area contributed by atoms with Gasteiger partial charge in [-0.2, -0.15) is 0 Å². The number of imide groups is 1. The summed E-state index contributed by atoms with van der Waals surface area (Å²) < 4.78 is 0. The van der Waals surface area contributed by atoms with Crippen LogP contribution in [0.5, 0.6) is 0 Å². The Labute approximate surface area is 113 Å². The number of rotatable bonds is 5. The van der Waals surface area contributed by atoms with Crippen LogP contribution in [-0.4, -0.2) is 18.0 Å². The van der Waals surface area contributed by atoms with Crippen molar-refractivity contribution in [1.82, 2.24) is 10.6 Å². The lowest BCUT2D eigenvalue weighted by Gasteiger charge is -2.19. The van der Waals surface area contributed by atoms with Gasteiger partial charge in [0.25, 0.3) is 0 Å². The summed E-state index contributed by atoms with van der Waals surface area (Å²) in [6.45, 7) is 5.76. The summed E-state index contributed by atoms with van der Waals surface area (Å²) in [6.07, 6.45) is 1.000. The highest BCUT2D eigenvalue weighted by Gasteiger charge is 2.17. The molecule has 2 atom stereocenters. The minimum atomic E-state index is -0.835. The Hall–Kier alpha value is -1.88. The molecule has 19 heavy (non-hydrogen) atoms. The van der Waals surface area contributed by atoms with Gasteiger partial charge in [0.05, 0.1) is 6.04 Å². The van der Waals surface area contributed by atoms with Crippen LogP contribution in [-0.2, 0) is 11.2 Å². The number of carbonyl (C=O) groups is 2. The summed E-state index contributed by atoms with van der Waals surface area (Å²) in [5, 5.41) is 5.17. The van der Waals surface area contributed by atoms with Crippen LogP contribution in [0.2, 0.25) is 0 Å². The van der Waals surface area contributed by atoms with Crippen molar-refractivity contribution in [2.24, 2.45) is 5.73 Å². The average Bonchev–Trinajstić information content (AvgIpc) is 2.37. The third kappa shape index (κ3) is 4.71. The van der Waals surface area contributed by atoms with Crippen molar-refractivity contribution in [3.8, 4) is 0 Å². The van der Waals surface area contributed by atoms with Gasteiger partial charge >= 0.3 is 6.03 Å². The second-order valence-corrected chi connectivity index (χ2v) is 4.56. The lowest BCUT2D eigenvalue weighted by molar-refractivity contribution is -0.121. The summed E-state index contributed by atoms with van der Waals surface area (Å²) in [6, 6.07) is 6.90. The van der Waals surface area contributed by atoms with E-state index in [0.29, 0.717) is 0 Å². The Bertz CT molecular complexity index is 443. The van der Waals surface area contributed by atoms with Crippen molar-refractivity contribution in [1.29, 1.82) is 0 Å². The highest BCUT2D eigenvalue weighted by molar-refractivity contribution is 5.96. The molecule has 0 bridgehead atoms. The van der Waals surface area contributed by atoms with E-state index in [0.717, 1.165) is 12.0 Å². The minimum absolute atomic E-state index is 0.0135. The van der Waals surface area contributed by atoms with Crippen molar-refractivity contribution < 1.29 is 9.59 Å². The molecular weight excluding hydrogens is 242 g/mol. The molecule has 4 N–H and O–H groups in total. The molecule has 0 saturated carbocycles. The van der Waals surface area contributed by atoms with Gasteiger partial charge in [-0.15, -0.1) is 0 Å². The molecule has 1 rings (SSSR count). The fourth-order valence-electron chi connectivity index (χ4n) is 1.82. The molecule has 104 valence electrons. The maximum Gasteiger partial charge on any atom is 0.318 e. The van der Waals surface area contributed by atoms with Crippen molar-refractivity contribution >= 4 is 11.9 Å². The number of primary amides is 1. The number of hydrogen-bond acceptors (Lipinski definition) is 3. The van der Waals surface area contributed by atoms with E-state index >= 15 is 0 Å². The average molecular weight is 263 g/mol. The number of aryl methyl sites for hydroxylation is 1. The van der Waals surface area contributed by atoms with Gasteiger partial charge in [0, 0.05) is 6.04 Å². The minimum Gasteiger partial charge on any atom is -0.351 e. The summed E-state index contributed by atoms with van der Waals surface area (Å²) in [5.74, 6) is -0.426. The lowest BCUT2D eigenvalue weighted by atomic mass is 10.0. The second-order valence-electron chi connectivity index (χ2n) is 4.56. The third-order valence-electron chi connectivity index (χ3n) is 3.03. The molecule has 5 heteroatoms. The number of amides is 3. The second kappa shape index (κ2) is 6.89. The van der Waals surface area contributed by atoms with Gasteiger partial charge in [-0.05, 0) is 31.4 Å². The molecule has 0 fully saturated rings. The normalized spacial score (nSPS) is 13.6. The highest BCUT2D eigenvalue weighted by atomic mass is 16.2. The van der Waals surface area contributed by atoms with E-state index in [4.69, 9.17) is 5.73 Å². The molecule has 0 aliphatic carbocycles. The molecule has 0 aromatic heterocycles. The van der Waals surface area contributed by atoms with Crippen molar-refractivity contribution in [3.63, 3.8) is 0 Å². The van der Waals surface area contributed by atoms with E-state index in [-0.39, 0.29) is 6.04 Å². The first-order valence-corrected chi connectivity index (χ1v) is 6.39. The monoisotopic (exact) mass is 263 g/mol. The first kappa shape index (κ1) is 15.2. The first-order chi connectivity index (χ1) is 8.93. The van der Waals surface area contributed by atoms with Crippen LogP contribution in [0.1, 0.15) is 37.9 Å². The van der Waals surface area contributed by atoms with E-state index in [1.54, 1.807) is 6.92 Å². The summed E-state index contributed by atoms with van der Waals surface area (Å²) >= 11 is 0. The number of nitrogens with one attached hydrogen (secondary N) is 2. The number of urea groups is 1. The van der Waals surface area contributed by atoms with Crippen molar-refractivity contribution in [2.75, 3.05) is 0 Å². The van der Waals surface area contributed by atoms with E-state index < -0.39 is 18.0 Å².